The van der Waals surface area contributed by atoms with Gasteiger partial charge in [0, 0.05) is 24.8 Å². The van der Waals surface area contributed by atoms with Crippen molar-refractivity contribution in [2.24, 2.45) is 0 Å². The van der Waals surface area contributed by atoms with E-state index in [9.17, 15) is 4.79 Å². The van der Waals surface area contributed by atoms with Crippen LogP contribution in [0.2, 0.25) is 0 Å². The van der Waals surface area contributed by atoms with Gasteiger partial charge in [-0.05, 0) is 32.4 Å². The molecule has 0 aliphatic carbocycles. The van der Waals surface area contributed by atoms with Crippen molar-refractivity contribution in [2.75, 3.05) is 19.6 Å². The SMILES string of the molecule is CCCN(C(=O)c1cc(C)[nH]n1)C1CCNC1.Cl. The fraction of sp³-hybridized carbons (Fsp3) is 0.667. The van der Waals surface area contributed by atoms with Crippen molar-refractivity contribution < 1.29 is 4.79 Å². The Morgan fingerprint density at radius 1 is 1.61 bits per heavy atom. The summed E-state index contributed by atoms with van der Waals surface area (Å²) in [6.07, 6.45) is 2.01. The van der Waals surface area contributed by atoms with Gasteiger partial charge >= 0.3 is 0 Å². The Labute approximate surface area is 114 Å². The second kappa shape index (κ2) is 6.75. The zero-order chi connectivity index (χ0) is 12.3. The molecule has 18 heavy (non-hydrogen) atoms. The van der Waals surface area contributed by atoms with Crippen LogP contribution in [0.5, 0.6) is 0 Å². The molecular weight excluding hydrogens is 252 g/mol. The Kier molecular flexibility index (Phi) is 5.62. The summed E-state index contributed by atoms with van der Waals surface area (Å²) in [5.41, 5.74) is 1.46. The number of nitrogens with zero attached hydrogens (tertiary/aromatic N) is 2. The van der Waals surface area contributed by atoms with Gasteiger partial charge < -0.3 is 10.2 Å². The number of hydrogen-bond donors (Lipinski definition) is 2. The molecule has 1 saturated heterocycles. The molecule has 1 fully saturated rings. The lowest BCUT2D eigenvalue weighted by Gasteiger charge is -2.27. The minimum Gasteiger partial charge on any atom is -0.333 e. The van der Waals surface area contributed by atoms with E-state index in [1.54, 1.807) is 0 Å². The molecule has 1 atom stereocenters. The highest BCUT2D eigenvalue weighted by atomic mass is 35.5. The van der Waals surface area contributed by atoms with Gasteiger partial charge in [0.25, 0.3) is 5.91 Å². The van der Waals surface area contributed by atoms with Gasteiger partial charge in [-0.1, -0.05) is 6.92 Å². The lowest BCUT2D eigenvalue weighted by Crippen LogP contribution is -2.42. The molecule has 1 aromatic heterocycles. The van der Waals surface area contributed by atoms with Crippen molar-refractivity contribution in [3.8, 4) is 0 Å². The van der Waals surface area contributed by atoms with Gasteiger partial charge in [0.05, 0.1) is 0 Å². The van der Waals surface area contributed by atoms with Crippen LogP contribution in [0.3, 0.4) is 0 Å². The Bertz CT molecular complexity index is 387. The van der Waals surface area contributed by atoms with Crippen LogP contribution in [0.25, 0.3) is 0 Å². The van der Waals surface area contributed by atoms with Gasteiger partial charge in [0.2, 0.25) is 0 Å². The largest absolute Gasteiger partial charge is 0.333 e. The fourth-order valence-corrected chi connectivity index (χ4v) is 2.27. The van der Waals surface area contributed by atoms with Gasteiger partial charge in [0.15, 0.2) is 0 Å². The Balaban J connectivity index is 0.00000162. The van der Waals surface area contributed by atoms with E-state index in [1.165, 1.54) is 0 Å². The van der Waals surface area contributed by atoms with Crippen LogP contribution in [-0.2, 0) is 0 Å². The molecule has 0 bridgehead atoms. The van der Waals surface area contributed by atoms with Gasteiger partial charge in [-0.15, -0.1) is 12.4 Å². The summed E-state index contributed by atoms with van der Waals surface area (Å²) in [4.78, 5) is 14.3. The van der Waals surface area contributed by atoms with E-state index in [4.69, 9.17) is 0 Å². The van der Waals surface area contributed by atoms with Crippen LogP contribution in [0.15, 0.2) is 6.07 Å². The molecule has 2 N–H and O–H groups in total. The zero-order valence-corrected chi connectivity index (χ0v) is 11.7. The number of aromatic amines is 1. The van der Waals surface area contributed by atoms with Crippen molar-refractivity contribution in [3.05, 3.63) is 17.5 Å². The molecule has 1 aromatic rings. The summed E-state index contributed by atoms with van der Waals surface area (Å²) in [7, 11) is 0. The highest BCUT2D eigenvalue weighted by Gasteiger charge is 2.27. The van der Waals surface area contributed by atoms with Gasteiger partial charge in [-0.2, -0.15) is 5.10 Å². The molecule has 0 saturated carbocycles. The number of H-pyrrole nitrogens is 1. The minimum absolute atomic E-state index is 0. The van der Waals surface area contributed by atoms with Crippen LogP contribution < -0.4 is 5.32 Å². The normalized spacial score (nSPS) is 18.4. The molecule has 2 rings (SSSR count). The van der Waals surface area contributed by atoms with E-state index in [0.29, 0.717) is 11.7 Å². The average molecular weight is 273 g/mol. The molecule has 102 valence electrons. The van der Waals surface area contributed by atoms with Crippen LogP contribution in [0.1, 0.15) is 35.9 Å². The van der Waals surface area contributed by atoms with Crippen LogP contribution >= 0.6 is 12.4 Å². The molecule has 1 aliphatic rings. The quantitative estimate of drug-likeness (QED) is 0.870. The maximum atomic E-state index is 12.4. The van der Waals surface area contributed by atoms with Crippen molar-refractivity contribution in [1.29, 1.82) is 0 Å². The van der Waals surface area contributed by atoms with Crippen LogP contribution in [-0.4, -0.2) is 46.7 Å². The maximum absolute atomic E-state index is 12.4. The first-order valence-electron chi connectivity index (χ1n) is 6.26. The smallest absolute Gasteiger partial charge is 0.274 e. The first-order chi connectivity index (χ1) is 8.22. The van der Waals surface area contributed by atoms with Gasteiger partial charge in [-0.3, -0.25) is 9.89 Å². The standard InChI is InChI=1S/C12H20N4O.ClH/c1-3-6-16(10-4-5-13-8-10)12(17)11-7-9(2)14-15-11;/h7,10,13H,3-6,8H2,1-2H3,(H,14,15);1H. The van der Waals surface area contributed by atoms with Crippen molar-refractivity contribution in [1.82, 2.24) is 20.4 Å². The van der Waals surface area contributed by atoms with E-state index < -0.39 is 0 Å². The highest BCUT2D eigenvalue weighted by molar-refractivity contribution is 5.92. The summed E-state index contributed by atoms with van der Waals surface area (Å²) in [6, 6.07) is 2.13. The third kappa shape index (κ3) is 3.23. The Morgan fingerprint density at radius 3 is 2.89 bits per heavy atom. The molecular formula is C12H21ClN4O. The number of amides is 1. The molecule has 0 aromatic carbocycles. The maximum Gasteiger partial charge on any atom is 0.274 e. The highest BCUT2D eigenvalue weighted by Crippen LogP contribution is 2.13. The van der Waals surface area contributed by atoms with Crippen molar-refractivity contribution >= 4 is 18.3 Å². The van der Waals surface area contributed by atoms with Gasteiger partial charge in [0.1, 0.15) is 5.69 Å². The lowest BCUT2D eigenvalue weighted by atomic mass is 10.2. The predicted octanol–water partition coefficient (Wildman–Crippen LogP) is 1.35. The van der Waals surface area contributed by atoms with Gasteiger partial charge in [-0.25, -0.2) is 0 Å². The Morgan fingerprint density at radius 2 is 2.39 bits per heavy atom. The molecule has 0 radical (unpaired) electrons. The van der Waals surface area contributed by atoms with Crippen molar-refractivity contribution in [2.45, 2.75) is 32.7 Å². The van der Waals surface area contributed by atoms with Crippen molar-refractivity contribution in [3.63, 3.8) is 0 Å². The number of nitrogens with one attached hydrogen (secondary N) is 2. The molecule has 6 heteroatoms. The van der Waals surface area contributed by atoms with E-state index in [2.05, 4.69) is 22.4 Å². The number of rotatable bonds is 4. The summed E-state index contributed by atoms with van der Waals surface area (Å²) < 4.78 is 0. The van der Waals surface area contributed by atoms with E-state index in [0.717, 1.165) is 38.2 Å². The van der Waals surface area contributed by atoms with E-state index >= 15 is 0 Å². The summed E-state index contributed by atoms with van der Waals surface area (Å²) >= 11 is 0. The predicted molar refractivity (Wildman–Crippen MR) is 73.2 cm³/mol. The summed E-state index contributed by atoms with van der Waals surface area (Å²) in [5.74, 6) is 0.0462. The summed E-state index contributed by atoms with van der Waals surface area (Å²) in [5, 5.41) is 10.2. The number of aromatic nitrogens is 2. The average Bonchev–Trinajstić information content (AvgIpc) is 2.95. The van der Waals surface area contributed by atoms with Crippen LogP contribution in [0, 0.1) is 6.92 Å². The lowest BCUT2D eigenvalue weighted by molar-refractivity contribution is 0.0686. The van der Waals surface area contributed by atoms with E-state index in [-0.39, 0.29) is 18.3 Å². The molecule has 5 nitrogen and oxygen atoms in total. The molecule has 1 amide bonds. The number of aryl methyl sites for hydroxylation is 1. The second-order valence-corrected chi connectivity index (χ2v) is 4.58. The van der Waals surface area contributed by atoms with Crippen LogP contribution in [0.4, 0.5) is 0 Å². The third-order valence-corrected chi connectivity index (χ3v) is 3.13. The first kappa shape index (κ1) is 15.0. The number of halogens is 1. The number of carbonyl (C=O) groups is 1. The number of hydrogen-bond acceptors (Lipinski definition) is 3. The fourth-order valence-electron chi connectivity index (χ4n) is 2.27. The van der Waals surface area contributed by atoms with E-state index in [1.807, 2.05) is 17.9 Å². The number of carbonyl (C=O) groups excluding carboxylic acids is 1. The molecule has 1 unspecified atom stereocenters. The zero-order valence-electron chi connectivity index (χ0n) is 10.9. The molecule has 0 spiro atoms. The topological polar surface area (TPSA) is 61.0 Å². The Hall–Kier alpha value is -1.07. The third-order valence-electron chi connectivity index (χ3n) is 3.13. The monoisotopic (exact) mass is 272 g/mol. The minimum atomic E-state index is 0. The molecule has 2 heterocycles. The molecule has 1 aliphatic heterocycles. The summed E-state index contributed by atoms with van der Waals surface area (Å²) in [6.45, 7) is 6.70. The first-order valence-corrected chi connectivity index (χ1v) is 6.26. The second-order valence-electron chi connectivity index (χ2n) is 4.58.